The fraction of sp³-hybridized carbons (Fsp3) is 1.00. The third kappa shape index (κ3) is 1.35. The van der Waals surface area contributed by atoms with Gasteiger partial charge >= 0.3 is 0 Å². The van der Waals surface area contributed by atoms with Gasteiger partial charge < -0.3 is 5.11 Å². The molecule has 0 bridgehead atoms. The van der Waals surface area contributed by atoms with Crippen LogP contribution in [0.15, 0.2) is 0 Å². The van der Waals surface area contributed by atoms with Crippen LogP contribution in [0.3, 0.4) is 0 Å². The van der Waals surface area contributed by atoms with Crippen LogP contribution in [-0.4, -0.2) is 16.6 Å². The Morgan fingerprint density at radius 1 is 1.25 bits per heavy atom. The van der Waals surface area contributed by atoms with Crippen LogP contribution < -0.4 is 0 Å². The number of halogens is 2. The van der Waals surface area contributed by atoms with Crippen molar-refractivity contribution in [3.63, 3.8) is 0 Å². The van der Waals surface area contributed by atoms with E-state index in [-0.39, 0.29) is 12.8 Å². The van der Waals surface area contributed by atoms with Gasteiger partial charge in [0.05, 0.1) is 0 Å². The summed E-state index contributed by atoms with van der Waals surface area (Å²) in [5.41, 5.74) is -1.72. The molecule has 0 atom stereocenters. The van der Waals surface area contributed by atoms with Gasteiger partial charge in [0.1, 0.15) is 5.60 Å². The molecular weight excluding hydrogens is 162 g/mol. The standard InChI is InChI=1S/C9H16F2O/c1-7(2)9(10,11)8(12)5-3-4-6-8/h7,12H,3-6H2,1-2H3. The van der Waals surface area contributed by atoms with E-state index in [0.717, 1.165) is 12.8 Å². The predicted molar refractivity (Wildman–Crippen MR) is 43.2 cm³/mol. The third-order valence-electron chi connectivity index (χ3n) is 2.78. The third-order valence-corrected chi connectivity index (χ3v) is 2.78. The Hall–Kier alpha value is -0.180. The highest BCUT2D eigenvalue weighted by Crippen LogP contribution is 2.45. The smallest absolute Gasteiger partial charge is 0.278 e. The summed E-state index contributed by atoms with van der Waals surface area (Å²) in [5.74, 6) is -3.70. The molecule has 12 heavy (non-hydrogen) atoms. The average molecular weight is 178 g/mol. The Morgan fingerprint density at radius 3 is 2.00 bits per heavy atom. The van der Waals surface area contributed by atoms with Gasteiger partial charge in [0, 0.05) is 5.92 Å². The molecule has 0 saturated heterocycles. The minimum atomic E-state index is -2.93. The highest BCUT2D eigenvalue weighted by molar-refractivity contribution is 4.98. The van der Waals surface area contributed by atoms with E-state index in [4.69, 9.17) is 0 Å². The summed E-state index contributed by atoms with van der Waals surface area (Å²) in [6.07, 6.45) is 1.94. The Kier molecular flexibility index (Phi) is 2.43. The largest absolute Gasteiger partial charge is 0.384 e. The van der Waals surface area contributed by atoms with Crippen LogP contribution in [0.1, 0.15) is 39.5 Å². The first-order valence-electron chi connectivity index (χ1n) is 4.50. The molecule has 0 aromatic carbocycles. The van der Waals surface area contributed by atoms with Crippen LogP contribution in [0.5, 0.6) is 0 Å². The minimum Gasteiger partial charge on any atom is -0.384 e. The summed E-state index contributed by atoms with van der Waals surface area (Å²) in [4.78, 5) is 0. The van der Waals surface area contributed by atoms with Crippen molar-refractivity contribution < 1.29 is 13.9 Å². The van der Waals surface area contributed by atoms with Crippen LogP contribution in [-0.2, 0) is 0 Å². The number of rotatable bonds is 2. The summed E-state index contributed by atoms with van der Waals surface area (Å²) >= 11 is 0. The Morgan fingerprint density at radius 2 is 1.67 bits per heavy atom. The normalized spacial score (nSPS) is 23.5. The zero-order chi connectivity index (χ0) is 9.41. The van der Waals surface area contributed by atoms with Gasteiger partial charge in [0.25, 0.3) is 5.92 Å². The zero-order valence-electron chi connectivity index (χ0n) is 7.61. The first-order valence-corrected chi connectivity index (χ1v) is 4.50. The van der Waals surface area contributed by atoms with E-state index in [0.29, 0.717) is 0 Å². The summed E-state index contributed by atoms with van der Waals surface area (Å²) in [6, 6.07) is 0. The van der Waals surface area contributed by atoms with Gasteiger partial charge in [0.2, 0.25) is 0 Å². The second-order valence-electron chi connectivity index (χ2n) is 4.02. The predicted octanol–water partition coefficient (Wildman–Crippen LogP) is 2.58. The lowest BCUT2D eigenvalue weighted by molar-refractivity contribution is -0.201. The molecule has 1 N–H and O–H groups in total. The summed E-state index contributed by atoms with van der Waals surface area (Å²) in [5, 5.41) is 9.64. The van der Waals surface area contributed by atoms with Gasteiger partial charge in [-0.3, -0.25) is 0 Å². The number of hydrogen-bond acceptors (Lipinski definition) is 1. The molecule has 0 amide bonds. The first kappa shape index (κ1) is 9.90. The summed E-state index contributed by atoms with van der Waals surface area (Å²) in [7, 11) is 0. The van der Waals surface area contributed by atoms with Crippen molar-refractivity contribution in [1.82, 2.24) is 0 Å². The maximum absolute atomic E-state index is 13.4. The zero-order valence-corrected chi connectivity index (χ0v) is 7.61. The molecule has 1 fully saturated rings. The highest BCUT2D eigenvalue weighted by Gasteiger charge is 2.55. The Balaban J connectivity index is 2.78. The van der Waals surface area contributed by atoms with Crippen LogP contribution in [0, 0.1) is 5.92 Å². The molecule has 72 valence electrons. The maximum atomic E-state index is 13.4. The van der Waals surface area contributed by atoms with E-state index >= 15 is 0 Å². The monoisotopic (exact) mass is 178 g/mol. The molecular formula is C9H16F2O. The van der Waals surface area contributed by atoms with E-state index in [1.807, 2.05) is 0 Å². The van der Waals surface area contributed by atoms with Crippen molar-refractivity contribution in [2.45, 2.75) is 51.1 Å². The van der Waals surface area contributed by atoms with Crippen LogP contribution in [0.2, 0.25) is 0 Å². The summed E-state index contributed by atoms with van der Waals surface area (Å²) < 4.78 is 26.8. The number of hydrogen-bond donors (Lipinski definition) is 1. The molecule has 0 aromatic heterocycles. The van der Waals surface area contributed by atoms with Crippen molar-refractivity contribution >= 4 is 0 Å². The second kappa shape index (κ2) is 2.95. The lowest BCUT2D eigenvalue weighted by atomic mass is 9.86. The topological polar surface area (TPSA) is 20.2 Å². The molecule has 0 radical (unpaired) electrons. The van der Waals surface area contributed by atoms with E-state index < -0.39 is 17.4 Å². The van der Waals surface area contributed by atoms with Gasteiger partial charge in [-0.05, 0) is 12.8 Å². The summed E-state index contributed by atoms with van der Waals surface area (Å²) in [6.45, 7) is 2.91. The highest BCUT2D eigenvalue weighted by atomic mass is 19.3. The first-order chi connectivity index (χ1) is 5.40. The van der Waals surface area contributed by atoms with E-state index in [1.165, 1.54) is 13.8 Å². The van der Waals surface area contributed by atoms with Gasteiger partial charge in [-0.15, -0.1) is 0 Å². The van der Waals surface area contributed by atoms with Crippen LogP contribution >= 0.6 is 0 Å². The van der Waals surface area contributed by atoms with Crippen molar-refractivity contribution in [2.24, 2.45) is 5.92 Å². The van der Waals surface area contributed by atoms with E-state index in [2.05, 4.69) is 0 Å². The van der Waals surface area contributed by atoms with E-state index in [9.17, 15) is 13.9 Å². The molecule has 3 heteroatoms. The number of aliphatic hydroxyl groups is 1. The van der Waals surface area contributed by atoms with Gasteiger partial charge in [-0.2, -0.15) is 0 Å². The fourth-order valence-corrected chi connectivity index (χ4v) is 1.83. The van der Waals surface area contributed by atoms with Gasteiger partial charge in [-0.25, -0.2) is 8.78 Å². The van der Waals surface area contributed by atoms with Crippen molar-refractivity contribution in [3.05, 3.63) is 0 Å². The molecule has 1 rings (SSSR count). The second-order valence-corrected chi connectivity index (χ2v) is 4.02. The molecule has 0 aromatic rings. The fourth-order valence-electron chi connectivity index (χ4n) is 1.83. The molecule has 1 saturated carbocycles. The minimum absolute atomic E-state index is 0.248. The van der Waals surface area contributed by atoms with Crippen LogP contribution in [0.4, 0.5) is 8.78 Å². The molecule has 0 heterocycles. The van der Waals surface area contributed by atoms with Gasteiger partial charge in [0.15, 0.2) is 0 Å². The lowest BCUT2D eigenvalue weighted by Crippen LogP contribution is -2.49. The average Bonchev–Trinajstić information content (AvgIpc) is 2.37. The molecule has 1 aliphatic carbocycles. The van der Waals surface area contributed by atoms with Gasteiger partial charge in [-0.1, -0.05) is 26.7 Å². The van der Waals surface area contributed by atoms with Crippen LogP contribution in [0.25, 0.3) is 0 Å². The van der Waals surface area contributed by atoms with Crippen molar-refractivity contribution in [2.75, 3.05) is 0 Å². The van der Waals surface area contributed by atoms with Crippen molar-refractivity contribution in [3.8, 4) is 0 Å². The maximum Gasteiger partial charge on any atom is 0.278 e. The molecule has 1 aliphatic rings. The van der Waals surface area contributed by atoms with Crippen molar-refractivity contribution in [1.29, 1.82) is 0 Å². The SMILES string of the molecule is CC(C)C(F)(F)C1(O)CCCC1. The molecule has 0 unspecified atom stereocenters. The lowest BCUT2D eigenvalue weighted by Gasteiger charge is -2.35. The molecule has 1 nitrogen and oxygen atoms in total. The Labute approximate surface area is 71.8 Å². The quantitative estimate of drug-likeness (QED) is 0.689. The van der Waals surface area contributed by atoms with E-state index in [1.54, 1.807) is 0 Å². The number of alkyl halides is 2. The molecule has 0 spiro atoms. The molecule has 0 aliphatic heterocycles. The Bertz CT molecular complexity index is 157.